The molecule has 0 saturated heterocycles. The average molecular weight is 254 g/mol. The topological polar surface area (TPSA) is 26.3 Å². The van der Waals surface area contributed by atoms with Crippen LogP contribution in [0.15, 0.2) is 42.5 Å². The normalized spacial score (nSPS) is 26.9. The number of rotatable bonds is 3. The molecular formula is C17H18O2. The lowest BCUT2D eigenvalue weighted by atomic mass is 9.78. The molecule has 2 nitrogen and oxygen atoms in total. The second-order valence-corrected chi connectivity index (χ2v) is 5.34. The minimum atomic E-state index is -0.206. The highest BCUT2D eigenvalue weighted by Crippen LogP contribution is 2.47. The zero-order valence-electron chi connectivity index (χ0n) is 11.3. The van der Waals surface area contributed by atoms with Gasteiger partial charge in [0, 0.05) is 5.41 Å². The number of hydrogen-bond acceptors (Lipinski definition) is 2. The molecule has 0 amide bonds. The van der Waals surface area contributed by atoms with E-state index in [9.17, 15) is 4.79 Å². The van der Waals surface area contributed by atoms with E-state index in [-0.39, 0.29) is 11.4 Å². The van der Waals surface area contributed by atoms with Crippen LogP contribution < -0.4 is 0 Å². The van der Waals surface area contributed by atoms with Crippen molar-refractivity contribution in [3.05, 3.63) is 59.2 Å². The molecule has 98 valence electrons. The summed E-state index contributed by atoms with van der Waals surface area (Å²) in [5.74, 6) is 0.317. The summed E-state index contributed by atoms with van der Waals surface area (Å²) < 4.78 is 5.22. The van der Waals surface area contributed by atoms with Crippen LogP contribution in [0.3, 0.4) is 0 Å². The van der Waals surface area contributed by atoms with Crippen molar-refractivity contribution in [2.24, 2.45) is 5.92 Å². The fourth-order valence-corrected chi connectivity index (χ4v) is 3.19. The van der Waals surface area contributed by atoms with Crippen LogP contribution in [0.5, 0.6) is 0 Å². The molecule has 0 N–H and O–H groups in total. The number of hydrogen-bond donors (Lipinski definition) is 0. The van der Waals surface area contributed by atoms with Gasteiger partial charge in [0.05, 0.1) is 12.2 Å². The number of fused-ring (bicyclic) bond motifs is 2. The van der Waals surface area contributed by atoms with E-state index in [0.717, 1.165) is 23.1 Å². The summed E-state index contributed by atoms with van der Waals surface area (Å²) in [6.07, 6.45) is 9.97. The zero-order chi connectivity index (χ0) is 13.5. The fraction of sp³-hybridized carbons (Fsp3) is 0.353. The van der Waals surface area contributed by atoms with Crippen LogP contribution in [-0.4, -0.2) is 12.6 Å². The maximum Gasteiger partial charge on any atom is 0.338 e. The Labute approximate surface area is 113 Å². The maximum atomic E-state index is 12.2. The van der Waals surface area contributed by atoms with E-state index in [1.165, 1.54) is 0 Å². The Bertz CT molecular complexity index is 567. The van der Waals surface area contributed by atoms with Gasteiger partial charge in [-0.15, -0.1) is 0 Å². The number of carbonyl (C=O) groups excluding carboxylic acids is 1. The third-order valence-corrected chi connectivity index (χ3v) is 4.11. The molecule has 0 aromatic heterocycles. The van der Waals surface area contributed by atoms with Gasteiger partial charge < -0.3 is 4.74 Å². The smallest absolute Gasteiger partial charge is 0.338 e. The molecule has 0 saturated carbocycles. The van der Waals surface area contributed by atoms with Crippen LogP contribution in [0.1, 0.15) is 34.8 Å². The predicted octanol–water partition coefficient (Wildman–Crippen LogP) is 3.56. The third kappa shape index (κ3) is 1.83. The molecule has 19 heavy (non-hydrogen) atoms. The third-order valence-electron chi connectivity index (χ3n) is 4.11. The van der Waals surface area contributed by atoms with E-state index in [2.05, 4.69) is 30.4 Å². The summed E-state index contributed by atoms with van der Waals surface area (Å²) >= 11 is 0. The number of aryl methyl sites for hydroxylation is 1. The number of benzene rings is 1. The van der Waals surface area contributed by atoms with E-state index >= 15 is 0 Å². The lowest BCUT2D eigenvalue weighted by molar-refractivity contribution is 0.0523. The summed E-state index contributed by atoms with van der Waals surface area (Å²) in [6, 6.07) is 6.05. The largest absolute Gasteiger partial charge is 0.462 e. The molecule has 1 aromatic rings. The van der Waals surface area contributed by atoms with Crippen LogP contribution in [0, 0.1) is 12.8 Å². The summed E-state index contributed by atoms with van der Waals surface area (Å²) in [5, 5.41) is 0. The van der Waals surface area contributed by atoms with Crippen LogP contribution in [0.25, 0.3) is 0 Å². The molecule has 0 radical (unpaired) electrons. The van der Waals surface area contributed by atoms with Gasteiger partial charge in [0.15, 0.2) is 0 Å². The first-order valence-corrected chi connectivity index (χ1v) is 6.82. The average Bonchev–Trinajstić information content (AvgIpc) is 3.00. The lowest BCUT2D eigenvalue weighted by Gasteiger charge is -2.25. The summed E-state index contributed by atoms with van der Waals surface area (Å²) in [7, 11) is 0. The monoisotopic (exact) mass is 254 g/mol. The number of ether oxygens (including phenoxy) is 1. The zero-order valence-corrected chi connectivity index (χ0v) is 11.3. The molecule has 0 heterocycles. The van der Waals surface area contributed by atoms with Crippen molar-refractivity contribution in [2.75, 3.05) is 6.61 Å². The van der Waals surface area contributed by atoms with E-state index < -0.39 is 0 Å². The summed E-state index contributed by atoms with van der Waals surface area (Å²) in [5.41, 5.74) is 2.71. The van der Waals surface area contributed by atoms with Crippen LogP contribution >= 0.6 is 0 Å². The molecule has 2 aliphatic carbocycles. The van der Waals surface area contributed by atoms with E-state index in [1.807, 2.05) is 26.0 Å². The van der Waals surface area contributed by atoms with Crippen molar-refractivity contribution in [1.29, 1.82) is 0 Å². The van der Waals surface area contributed by atoms with E-state index in [4.69, 9.17) is 4.74 Å². The molecule has 2 heteroatoms. The Hall–Kier alpha value is -1.83. The SMILES string of the molecule is CCOC(=O)c1c(C)cccc1C12C=CC(C=C1)C2. The van der Waals surface area contributed by atoms with Crippen LogP contribution in [0.2, 0.25) is 0 Å². The maximum absolute atomic E-state index is 12.2. The molecule has 0 unspecified atom stereocenters. The van der Waals surface area contributed by atoms with Gasteiger partial charge in [-0.25, -0.2) is 4.79 Å². The fourth-order valence-electron chi connectivity index (χ4n) is 3.19. The first-order valence-electron chi connectivity index (χ1n) is 6.82. The quantitative estimate of drug-likeness (QED) is 0.609. The Morgan fingerprint density at radius 1 is 1.37 bits per heavy atom. The second kappa shape index (κ2) is 4.37. The van der Waals surface area contributed by atoms with Gasteiger partial charge in [0.2, 0.25) is 0 Å². The van der Waals surface area contributed by atoms with Crippen molar-refractivity contribution in [3.63, 3.8) is 0 Å². The van der Waals surface area contributed by atoms with Gasteiger partial charge in [-0.2, -0.15) is 0 Å². The van der Waals surface area contributed by atoms with Crippen molar-refractivity contribution in [1.82, 2.24) is 0 Å². The summed E-state index contributed by atoms with van der Waals surface area (Å²) in [6.45, 7) is 4.23. The molecule has 0 aliphatic heterocycles. The van der Waals surface area contributed by atoms with Gasteiger partial charge in [0.1, 0.15) is 0 Å². The van der Waals surface area contributed by atoms with Crippen molar-refractivity contribution in [2.45, 2.75) is 25.7 Å². The van der Waals surface area contributed by atoms with Crippen molar-refractivity contribution in [3.8, 4) is 0 Å². The standard InChI is InChI=1S/C17H18O2/c1-3-19-16(18)15-12(2)5-4-6-14(15)17-9-7-13(11-17)8-10-17/h4-10,13H,3,11H2,1-2H3. The molecule has 2 aliphatic rings. The van der Waals surface area contributed by atoms with Gasteiger partial charge in [0.25, 0.3) is 0 Å². The minimum absolute atomic E-state index is 0.0984. The first-order chi connectivity index (χ1) is 9.16. The first kappa shape index (κ1) is 12.2. The Morgan fingerprint density at radius 3 is 2.68 bits per heavy atom. The number of carbonyl (C=O) groups is 1. The lowest BCUT2D eigenvalue weighted by Crippen LogP contribution is -2.22. The van der Waals surface area contributed by atoms with E-state index in [1.54, 1.807) is 0 Å². The minimum Gasteiger partial charge on any atom is -0.462 e. The molecule has 2 bridgehead atoms. The van der Waals surface area contributed by atoms with Gasteiger partial charge in [-0.3, -0.25) is 0 Å². The van der Waals surface area contributed by atoms with Gasteiger partial charge in [-0.1, -0.05) is 42.5 Å². The number of esters is 1. The van der Waals surface area contributed by atoms with Gasteiger partial charge >= 0.3 is 5.97 Å². The second-order valence-electron chi connectivity index (χ2n) is 5.34. The molecule has 3 rings (SSSR count). The van der Waals surface area contributed by atoms with Crippen molar-refractivity contribution >= 4 is 5.97 Å². The molecular weight excluding hydrogens is 236 g/mol. The molecule has 0 atom stereocenters. The highest BCUT2D eigenvalue weighted by Gasteiger charge is 2.40. The summed E-state index contributed by atoms with van der Waals surface area (Å²) in [4.78, 5) is 12.2. The van der Waals surface area contributed by atoms with E-state index in [0.29, 0.717) is 12.5 Å². The Morgan fingerprint density at radius 2 is 2.11 bits per heavy atom. The van der Waals surface area contributed by atoms with Crippen molar-refractivity contribution < 1.29 is 9.53 Å². The molecule has 1 aromatic carbocycles. The molecule has 0 spiro atoms. The Kier molecular flexibility index (Phi) is 2.81. The van der Waals surface area contributed by atoms with Gasteiger partial charge in [-0.05, 0) is 37.3 Å². The highest BCUT2D eigenvalue weighted by atomic mass is 16.5. The number of allylic oxidation sites excluding steroid dienone is 4. The highest BCUT2D eigenvalue weighted by molar-refractivity contribution is 5.93. The van der Waals surface area contributed by atoms with Crippen LogP contribution in [-0.2, 0) is 10.2 Å². The predicted molar refractivity (Wildman–Crippen MR) is 75.2 cm³/mol. The van der Waals surface area contributed by atoms with Crippen LogP contribution in [0.4, 0.5) is 0 Å². The Balaban J connectivity index is 2.12. The molecule has 0 fully saturated rings.